The molecule has 0 saturated carbocycles. The summed E-state index contributed by atoms with van der Waals surface area (Å²) < 4.78 is 23.7. The first-order valence-electron chi connectivity index (χ1n) is 6.83. The van der Waals surface area contributed by atoms with E-state index in [2.05, 4.69) is 15.3 Å². The second-order valence-corrected chi connectivity index (χ2v) is 4.20. The van der Waals surface area contributed by atoms with Crippen LogP contribution < -0.4 is 14.8 Å². The quantitative estimate of drug-likeness (QED) is 0.888. The Balaban J connectivity index is 2.22. The van der Waals surface area contributed by atoms with Gasteiger partial charge in [0, 0.05) is 5.56 Å². The lowest BCUT2D eigenvalue weighted by atomic mass is 10.2. The molecule has 0 bridgehead atoms. The van der Waals surface area contributed by atoms with Gasteiger partial charge in [0.1, 0.15) is 11.5 Å². The molecule has 1 heterocycles. The summed E-state index contributed by atoms with van der Waals surface area (Å²) in [4.78, 5) is 20.2. The molecule has 0 radical (unpaired) electrons. The van der Waals surface area contributed by atoms with Crippen LogP contribution in [0.3, 0.4) is 0 Å². The second kappa shape index (κ2) is 7.35. The van der Waals surface area contributed by atoms with E-state index < -0.39 is 11.7 Å². The number of amides is 1. The topological polar surface area (TPSA) is 73.3 Å². The number of hydrogen-bond acceptors (Lipinski definition) is 5. The van der Waals surface area contributed by atoms with Crippen molar-refractivity contribution in [1.29, 1.82) is 0 Å². The Morgan fingerprint density at radius 3 is 2.73 bits per heavy atom. The van der Waals surface area contributed by atoms with Gasteiger partial charge in [0.05, 0.1) is 19.4 Å². The number of anilines is 1. The standard InChI is InChI=1S/C15H16FN3O3/c1-3-21-14-12(9-17-15(19-14)22-4-2)18-13(20)10-6-5-7-11(16)8-10/h5-9H,3-4H2,1-2H3,(H,18,20). The van der Waals surface area contributed by atoms with Crippen LogP contribution >= 0.6 is 0 Å². The molecule has 0 aliphatic heterocycles. The number of benzene rings is 1. The molecule has 116 valence electrons. The van der Waals surface area contributed by atoms with E-state index in [0.29, 0.717) is 18.9 Å². The van der Waals surface area contributed by atoms with Crippen LogP contribution in [0.4, 0.5) is 10.1 Å². The molecule has 2 aromatic rings. The lowest BCUT2D eigenvalue weighted by molar-refractivity contribution is 0.102. The first kappa shape index (κ1) is 15.7. The van der Waals surface area contributed by atoms with Crippen molar-refractivity contribution in [3.05, 3.63) is 41.8 Å². The van der Waals surface area contributed by atoms with Crippen molar-refractivity contribution in [3.8, 4) is 11.9 Å². The summed E-state index contributed by atoms with van der Waals surface area (Å²) in [5.41, 5.74) is 0.482. The number of nitrogens with one attached hydrogen (secondary N) is 1. The molecule has 0 spiro atoms. The summed E-state index contributed by atoms with van der Waals surface area (Å²) in [5, 5.41) is 2.60. The number of rotatable bonds is 6. The number of halogens is 1. The Morgan fingerprint density at radius 2 is 2.05 bits per heavy atom. The maximum Gasteiger partial charge on any atom is 0.319 e. The Hall–Kier alpha value is -2.70. The molecule has 0 saturated heterocycles. The summed E-state index contributed by atoms with van der Waals surface area (Å²) in [5.74, 6) is -0.764. The van der Waals surface area contributed by atoms with Crippen molar-refractivity contribution in [2.45, 2.75) is 13.8 Å². The van der Waals surface area contributed by atoms with Crippen molar-refractivity contribution < 1.29 is 18.7 Å². The Morgan fingerprint density at radius 1 is 1.27 bits per heavy atom. The average molecular weight is 305 g/mol. The number of carbonyl (C=O) groups is 1. The van der Waals surface area contributed by atoms with E-state index in [4.69, 9.17) is 9.47 Å². The first-order chi connectivity index (χ1) is 10.6. The summed E-state index contributed by atoms with van der Waals surface area (Å²) in [6, 6.07) is 5.54. The molecular formula is C15H16FN3O3. The van der Waals surface area contributed by atoms with Gasteiger partial charge in [-0.15, -0.1) is 0 Å². The zero-order valence-electron chi connectivity index (χ0n) is 12.3. The van der Waals surface area contributed by atoms with Crippen molar-refractivity contribution >= 4 is 11.6 Å². The number of aromatic nitrogens is 2. The van der Waals surface area contributed by atoms with Crippen molar-refractivity contribution in [3.63, 3.8) is 0 Å². The fourth-order valence-electron chi connectivity index (χ4n) is 1.71. The highest BCUT2D eigenvalue weighted by Crippen LogP contribution is 2.23. The van der Waals surface area contributed by atoms with Gasteiger partial charge in [-0.3, -0.25) is 4.79 Å². The molecular weight excluding hydrogens is 289 g/mol. The molecule has 0 unspecified atom stereocenters. The smallest absolute Gasteiger partial charge is 0.319 e. The molecule has 1 N–H and O–H groups in total. The lowest BCUT2D eigenvalue weighted by Gasteiger charge is -2.11. The molecule has 0 atom stereocenters. The number of hydrogen-bond donors (Lipinski definition) is 1. The largest absolute Gasteiger partial charge is 0.476 e. The van der Waals surface area contributed by atoms with Gasteiger partial charge in [-0.25, -0.2) is 9.37 Å². The minimum atomic E-state index is -0.486. The molecule has 2 rings (SSSR count). The molecule has 1 aromatic carbocycles. The molecule has 1 aromatic heterocycles. The fraction of sp³-hybridized carbons (Fsp3) is 0.267. The third-order valence-electron chi connectivity index (χ3n) is 2.62. The van der Waals surface area contributed by atoms with E-state index in [-0.39, 0.29) is 17.5 Å². The molecule has 0 aliphatic rings. The van der Waals surface area contributed by atoms with E-state index >= 15 is 0 Å². The molecule has 7 heteroatoms. The third-order valence-corrected chi connectivity index (χ3v) is 2.62. The van der Waals surface area contributed by atoms with Crippen LogP contribution in [0.25, 0.3) is 0 Å². The highest BCUT2D eigenvalue weighted by atomic mass is 19.1. The van der Waals surface area contributed by atoms with Crippen LogP contribution in [-0.4, -0.2) is 29.1 Å². The van der Waals surface area contributed by atoms with E-state index in [1.807, 2.05) is 6.92 Å². The average Bonchev–Trinajstić information content (AvgIpc) is 2.50. The van der Waals surface area contributed by atoms with Gasteiger partial charge in [-0.1, -0.05) is 6.07 Å². The zero-order chi connectivity index (χ0) is 15.9. The van der Waals surface area contributed by atoms with Crippen molar-refractivity contribution in [2.24, 2.45) is 0 Å². The summed E-state index contributed by atoms with van der Waals surface area (Å²) in [6.07, 6.45) is 1.39. The summed E-state index contributed by atoms with van der Waals surface area (Å²) in [6.45, 7) is 4.38. The molecule has 0 aliphatic carbocycles. The van der Waals surface area contributed by atoms with E-state index in [1.54, 1.807) is 6.92 Å². The van der Waals surface area contributed by atoms with Crippen LogP contribution in [0.1, 0.15) is 24.2 Å². The third kappa shape index (κ3) is 3.91. The van der Waals surface area contributed by atoms with Crippen LogP contribution in [-0.2, 0) is 0 Å². The van der Waals surface area contributed by atoms with E-state index in [1.165, 1.54) is 24.4 Å². The van der Waals surface area contributed by atoms with Gasteiger partial charge < -0.3 is 14.8 Å². The molecule has 6 nitrogen and oxygen atoms in total. The highest BCUT2D eigenvalue weighted by Gasteiger charge is 2.14. The van der Waals surface area contributed by atoms with Gasteiger partial charge in [-0.05, 0) is 32.0 Å². The molecule has 1 amide bonds. The van der Waals surface area contributed by atoms with Gasteiger partial charge in [0.15, 0.2) is 0 Å². The summed E-state index contributed by atoms with van der Waals surface area (Å²) >= 11 is 0. The van der Waals surface area contributed by atoms with Crippen molar-refractivity contribution in [2.75, 3.05) is 18.5 Å². The first-order valence-corrected chi connectivity index (χ1v) is 6.83. The van der Waals surface area contributed by atoms with Crippen LogP contribution in [0, 0.1) is 5.82 Å². The predicted molar refractivity (Wildman–Crippen MR) is 78.7 cm³/mol. The Labute approximate surface area is 127 Å². The number of ether oxygens (including phenoxy) is 2. The monoisotopic (exact) mass is 305 g/mol. The number of nitrogens with zero attached hydrogens (tertiary/aromatic N) is 2. The maximum atomic E-state index is 13.2. The Kier molecular flexibility index (Phi) is 5.24. The van der Waals surface area contributed by atoms with Gasteiger partial charge in [0.2, 0.25) is 5.88 Å². The maximum absolute atomic E-state index is 13.2. The van der Waals surface area contributed by atoms with E-state index in [0.717, 1.165) is 6.07 Å². The van der Waals surface area contributed by atoms with Crippen molar-refractivity contribution in [1.82, 2.24) is 9.97 Å². The van der Waals surface area contributed by atoms with Crippen LogP contribution in [0.15, 0.2) is 30.5 Å². The SMILES string of the molecule is CCOc1ncc(NC(=O)c2cccc(F)c2)c(OCC)n1. The van der Waals surface area contributed by atoms with Crippen LogP contribution in [0.2, 0.25) is 0 Å². The van der Waals surface area contributed by atoms with E-state index in [9.17, 15) is 9.18 Å². The Bertz CT molecular complexity index is 664. The zero-order valence-corrected chi connectivity index (χ0v) is 12.3. The second-order valence-electron chi connectivity index (χ2n) is 4.20. The fourth-order valence-corrected chi connectivity index (χ4v) is 1.71. The molecule has 22 heavy (non-hydrogen) atoms. The normalized spacial score (nSPS) is 10.1. The van der Waals surface area contributed by atoms with Gasteiger partial charge in [-0.2, -0.15) is 4.98 Å². The van der Waals surface area contributed by atoms with Gasteiger partial charge >= 0.3 is 6.01 Å². The van der Waals surface area contributed by atoms with Crippen LogP contribution in [0.5, 0.6) is 11.9 Å². The lowest BCUT2D eigenvalue weighted by Crippen LogP contribution is -2.14. The minimum Gasteiger partial charge on any atom is -0.476 e. The molecule has 0 fully saturated rings. The predicted octanol–water partition coefficient (Wildman–Crippen LogP) is 2.67. The highest BCUT2D eigenvalue weighted by molar-refractivity contribution is 6.04. The van der Waals surface area contributed by atoms with Gasteiger partial charge in [0.25, 0.3) is 5.91 Å². The number of carbonyl (C=O) groups excluding carboxylic acids is 1. The summed E-state index contributed by atoms with van der Waals surface area (Å²) in [7, 11) is 0. The minimum absolute atomic E-state index is 0.162.